The number of methoxy groups -OCH3 is 2. The summed E-state index contributed by atoms with van der Waals surface area (Å²) in [5.74, 6) is 0.652. The van der Waals surface area contributed by atoms with Crippen LogP contribution in [-0.2, 0) is 9.47 Å². The van der Waals surface area contributed by atoms with Gasteiger partial charge in [-0.05, 0) is 5.70 Å². The minimum Gasteiger partial charge on any atom is -0.469 e. The van der Waals surface area contributed by atoms with E-state index in [9.17, 15) is 0 Å². The van der Waals surface area contributed by atoms with Crippen LogP contribution in [0.2, 0.25) is 6.55 Å². The molecule has 8 heavy (non-hydrogen) atoms. The Balaban J connectivity index is 3.49. The van der Waals surface area contributed by atoms with Crippen molar-refractivity contribution in [3.8, 4) is 0 Å². The van der Waals surface area contributed by atoms with Crippen molar-refractivity contribution in [3.05, 3.63) is 11.6 Å². The van der Waals surface area contributed by atoms with Gasteiger partial charge in [0.05, 0.1) is 23.7 Å². The molecule has 3 heteroatoms. The largest absolute Gasteiger partial charge is 0.469 e. The normalized spacial score (nSPS) is 9.38. The predicted molar refractivity (Wildman–Crippen MR) is 36.5 cm³/mol. The van der Waals surface area contributed by atoms with Crippen molar-refractivity contribution in [1.29, 1.82) is 0 Å². The van der Waals surface area contributed by atoms with Gasteiger partial charge in [0.1, 0.15) is 0 Å². The number of hydrogen-bond donors (Lipinski definition) is 0. The van der Waals surface area contributed by atoms with Crippen molar-refractivity contribution in [2.45, 2.75) is 6.55 Å². The zero-order valence-electron chi connectivity index (χ0n) is 5.60. The van der Waals surface area contributed by atoms with Crippen LogP contribution in [0.5, 0.6) is 0 Å². The first-order valence-corrected chi connectivity index (χ1v) is 4.86. The summed E-state index contributed by atoms with van der Waals surface area (Å²) in [6.07, 6.45) is 0. The summed E-state index contributed by atoms with van der Waals surface area (Å²) in [7, 11) is 3.15. The van der Waals surface area contributed by atoms with Gasteiger partial charge in [-0.25, -0.2) is 0 Å². The predicted octanol–water partition coefficient (Wildman–Crippen LogP) is 0.295. The monoisotopic (exact) mass is 132 g/mol. The molecule has 0 saturated heterocycles. The van der Waals surface area contributed by atoms with E-state index >= 15 is 0 Å². The molecule has 48 valence electrons. The van der Waals surface area contributed by atoms with Crippen LogP contribution in [0, 0.1) is 0 Å². The van der Waals surface area contributed by atoms with E-state index in [1.54, 1.807) is 14.2 Å². The minimum atomic E-state index is -0.0675. The molecule has 0 fully saturated rings. The number of rotatable bonds is 3. The van der Waals surface area contributed by atoms with Gasteiger partial charge in [0.15, 0.2) is 0 Å². The topological polar surface area (TPSA) is 18.5 Å². The standard InChI is InChI=1S/C5H12O2Si/c1-6-5(7-2)4-8-3/h4H,8H2,1-3H3. The van der Waals surface area contributed by atoms with Crippen molar-refractivity contribution in [3.63, 3.8) is 0 Å². The Labute approximate surface area is 52.3 Å². The molecule has 0 atom stereocenters. The molecule has 0 aliphatic carbocycles. The zero-order valence-corrected chi connectivity index (χ0v) is 7.02. The first kappa shape index (κ1) is 7.56. The molecule has 0 aliphatic heterocycles. The van der Waals surface area contributed by atoms with Gasteiger partial charge in [0, 0.05) is 0 Å². The zero-order chi connectivity index (χ0) is 6.41. The lowest BCUT2D eigenvalue weighted by molar-refractivity contribution is 0.0964. The van der Waals surface area contributed by atoms with Crippen LogP contribution in [0.3, 0.4) is 0 Å². The molecule has 0 N–H and O–H groups in total. The van der Waals surface area contributed by atoms with Crippen molar-refractivity contribution < 1.29 is 9.47 Å². The fourth-order valence-electron chi connectivity index (χ4n) is 0.417. The Morgan fingerprint density at radius 3 is 2.00 bits per heavy atom. The maximum Gasteiger partial charge on any atom is 0.269 e. The van der Waals surface area contributed by atoms with Gasteiger partial charge in [-0.1, -0.05) is 6.55 Å². The summed E-state index contributed by atoms with van der Waals surface area (Å²) in [4.78, 5) is 0. The number of hydrogen-bond acceptors (Lipinski definition) is 2. The molecular formula is C5H12O2Si. The molecule has 0 aromatic carbocycles. The van der Waals surface area contributed by atoms with E-state index in [1.807, 2.05) is 5.70 Å². The van der Waals surface area contributed by atoms with E-state index in [-0.39, 0.29) is 9.52 Å². The Morgan fingerprint density at radius 2 is 1.88 bits per heavy atom. The fraction of sp³-hybridized carbons (Fsp3) is 0.600. The molecule has 0 bridgehead atoms. The third-order valence-corrected chi connectivity index (χ3v) is 1.51. The molecule has 0 radical (unpaired) electrons. The average Bonchev–Trinajstić information content (AvgIpc) is 1.83. The highest BCUT2D eigenvalue weighted by Gasteiger charge is 1.86. The molecule has 0 aromatic rings. The number of ether oxygens (including phenoxy) is 2. The van der Waals surface area contributed by atoms with E-state index < -0.39 is 0 Å². The second-order valence-corrected chi connectivity index (χ2v) is 2.56. The summed E-state index contributed by atoms with van der Waals surface area (Å²) in [6, 6.07) is 0. The summed E-state index contributed by atoms with van der Waals surface area (Å²) < 4.78 is 9.63. The van der Waals surface area contributed by atoms with Crippen LogP contribution >= 0.6 is 0 Å². The highest BCUT2D eigenvalue weighted by atomic mass is 28.2. The molecule has 0 unspecified atom stereocenters. The molecule has 0 heterocycles. The van der Waals surface area contributed by atoms with Gasteiger partial charge < -0.3 is 9.47 Å². The first-order chi connectivity index (χ1) is 3.85. The van der Waals surface area contributed by atoms with Gasteiger partial charge in [-0.15, -0.1) is 0 Å². The lowest BCUT2D eigenvalue weighted by Crippen LogP contribution is -1.90. The van der Waals surface area contributed by atoms with Gasteiger partial charge in [0.25, 0.3) is 5.95 Å². The van der Waals surface area contributed by atoms with E-state index in [4.69, 9.17) is 9.47 Å². The van der Waals surface area contributed by atoms with Gasteiger partial charge >= 0.3 is 0 Å². The Morgan fingerprint density at radius 1 is 1.38 bits per heavy atom. The molecule has 0 aromatic heterocycles. The lowest BCUT2D eigenvalue weighted by atomic mass is 11.0. The Hall–Kier alpha value is -0.443. The third kappa shape index (κ3) is 2.68. The van der Waals surface area contributed by atoms with Crippen LogP contribution in [-0.4, -0.2) is 23.7 Å². The Kier molecular flexibility index (Phi) is 4.45. The summed E-state index contributed by atoms with van der Waals surface area (Å²) in [6.45, 7) is 2.16. The maximum atomic E-state index is 4.81. The van der Waals surface area contributed by atoms with Gasteiger partial charge in [-0.2, -0.15) is 0 Å². The summed E-state index contributed by atoms with van der Waals surface area (Å²) in [5.41, 5.74) is 2.01. The van der Waals surface area contributed by atoms with Crippen LogP contribution in [0.1, 0.15) is 0 Å². The Bertz CT molecular complexity index is 74.5. The summed E-state index contributed by atoms with van der Waals surface area (Å²) in [5, 5.41) is 0. The molecule has 0 saturated carbocycles. The highest BCUT2D eigenvalue weighted by Crippen LogP contribution is 1.91. The van der Waals surface area contributed by atoms with Gasteiger partial charge in [0.2, 0.25) is 0 Å². The highest BCUT2D eigenvalue weighted by molar-refractivity contribution is 6.40. The molecule has 0 aliphatic rings. The van der Waals surface area contributed by atoms with Crippen LogP contribution in [0.15, 0.2) is 11.6 Å². The van der Waals surface area contributed by atoms with Crippen LogP contribution in [0.4, 0.5) is 0 Å². The van der Waals surface area contributed by atoms with E-state index in [0.717, 1.165) is 0 Å². The summed E-state index contributed by atoms with van der Waals surface area (Å²) >= 11 is 0. The second-order valence-electron chi connectivity index (χ2n) is 1.34. The first-order valence-electron chi connectivity index (χ1n) is 2.63. The van der Waals surface area contributed by atoms with Gasteiger partial charge in [-0.3, -0.25) is 0 Å². The quantitative estimate of drug-likeness (QED) is 0.406. The van der Waals surface area contributed by atoms with E-state index in [0.29, 0.717) is 5.95 Å². The van der Waals surface area contributed by atoms with Crippen molar-refractivity contribution in [1.82, 2.24) is 0 Å². The molecule has 0 amide bonds. The fourth-order valence-corrected chi connectivity index (χ4v) is 1.08. The average molecular weight is 132 g/mol. The van der Waals surface area contributed by atoms with E-state index in [1.165, 1.54) is 0 Å². The van der Waals surface area contributed by atoms with Crippen LogP contribution in [0.25, 0.3) is 0 Å². The third-order valence-electron chi connectivity index (χ3n) is 0.773. The smallest absolute Gasteiger partial charge is 0.269 e. The maximum absolute atomic E-state index is 4.81. The molecule has 0 rings (SSSR count). The minimum absolute atomic E-state index is 0.0675. The van der Waals surface area contributed by atoms with Crippen molar-refractivity contribution >= 4 is 9.52 Å². The van der Waals surface area contributed by atoms with Crippen molar-refractivity contribution in [2.75, 3.05) is 14.2 Å². The molecule has 2 nitrogen and oxygen atoms in total. The lowest BCUT2D eigenvalue weighted by Gasteiger charge is -2.00. The van der Waals surface area contributed by atoms with Crippen LogP contribution < -0.4 is 0 Å². The molecular weight excluding hydrogens is 120 g/mol. The molecule has 0 spiro atoms. The van der Waals surface area contributed by atoms with Crippen molar-refractivity contribution in [2.24, 2.45) is 0 Å². The SMILES string of the molecule is COC(=C[SiH2]C)OC. The second kappa shape index (κ2) is 4.71. The van der Waals surface area contributed by atoms with E-state index in [2.05, 4.69) is 6.55 Å².